The Morgan fingerprint density at radius 2 is 1.60 bits per heavy atom. The number of aliphatic carboxylic acids is 1. The zero-order valence-electron chi connectivity index (χ0n) is 18.6. The molecule has 10 heteroatoms. The van der Waals surface area contributed by atoms with Gasteiger partial charge in [0.15, 0.2) is 0 Å². The van der Waals surface area contributed by atoms with Gasteiger partial charge in [-0.05, 0) is 54.6 Å². The van der Waals surface area contributed by atoms with Crippen molar-refractivity contribution in [2.75, 3.05) is 6.54 Å². The molecule has 7 nitrogen and oxygen atoms in total. The molecule has 0 unspecified atom stereocenters. The second-order valence-electron chi connectivity index (χ2n) is 8.45. The summed E-state index contributed by atoms with van der Waals surface area (Å²) in [6.45, 7) is 0.859. The van der Waals surface area contributed by atoms with Crippen molar-refractivity contribution in [3.63, 3.8) is 0 Å². The van der Waals surface area contributed by atoms with Crippen LogP contribution in [0, 0.1) is 22.7 Å². The van der Waals surface area contributed by atoms with Gasteiger partial charge in [-0.2, -0.15) is 23.7 Å². The van der Waals surface area contributed by atoms with Crippen LogP contribution in [0.4, 0.5) is 13.2 Å². The maximum absolute atomic E-state index is 12.5. The van der Waals surface area contributed by atoms with Crippen LogP contribution in [0.2, 0.25) is 0 Å². The van der Waals surface area contributed by atoms with Crippen molar-refractivity contribution < 1.29 is 27.9 Å². The van der Waals surface area contributed by atoms with Crippen LogP contribution >= 0.6 is 0 Å². The predicted octanol–water partition coefficient (Wildman–Crippen LogP) is 3.87. The number of rotatable bonds is 4. The van der Waals surface area contributed by atoms with Gasteiger partial charge in [-0.3, -0.25) is 4.79 Å². The van der Waals surface area contributed by atoms with E-state index in [1.807, 2.05) is 36.4 Å². The SMILES string of the molecule is N#Cc1ccc(-c2ccc([C@H]3C[C@@]3(C#N)NC(=O)[C@@H]3CCCCN3)cc2)cc1.O=C(O)C(F)(F)F. The molecule has 0 bridgehead atoms. The highest BCUT2D eigenvalue weighted by Gasteiger charge is 2.57. The van der Waals surface area contributed by atoms with Crippen LogP contribution < -0.4 is 10.6 Å². The quantitative estimate of drug-likeness (QED) is 0.605. The fraction of sp³-hybridized carbons (Fsp3) is 0.360. The molecule has 35 heavy (non-hydrogen) atoms. The van der Waals surface area contributed by atoms with Gasteiger partial charge in [0.05, 0.1) is 23.7 Å². The Kier molecular flexibility index (Phi) is 7.78. The maximum atomic E-state index is 12.5. The number of nitrogens with zero attached hydrogens (tertiary/aromatic N) is 2. The number of hydrogen-bond donors (Lipinski definition) is 3. The fourth-order valence-electron chi connectivity index (χ4n) is 3.98. The number of nitriles is 2. The number of alkyl halides is 3. The zero-order valence-corrected chi connectivity index (χ0v) is 18.6. The number of halogens is 3. The van der Waals surface area contributed by atoms with Crippen molar-refractivity contribution in [1.29, 1.82) is 10.5 Å². The lowest BCUT2D eigenvalue weighted by Gasteiger charge is -2.24. The van der Waals surface area contributed by atoms with Crippen LogP contribution in [0.3, 0.4) is 0 Å². The molecule has 2 aromatic carbocycles. The maximum Gasteiger partial charge on any atom is 0.490 e. The smallest absolute Gasteiger partial charge is 0.475 e. The van der Waals surface area contributed by atoms with E-state index in [1.165, 1.54) is 0 Å². The number of piperidine rings is 1. The van der Waals surface area contributed by atoms with E-state index in [9.17, 15) is 23.2 Å². The van der Waals surface area contributed by atoms with Crippen LogP contribution in [0.5, 0.6) is 0 Å². The van der Waals surface area contributed by atoms with E-state index in [2.05, 4.69) is 22.8 Å². The number of hydrogen-bond acceptors (Lipinski definition) is 5. The van der Waals surface area contributed by atoms with Crippen LogP contribution in [0.15, 0.2) is 48.5 Å². The van der Waals surface area contributed by atoms with Gasteiger partial charge in [-0.1, -0.05) is 42.8 Å². The Bertz CT molecular complexity index is 1140. The first kappa shape index (κ1) is 25.7. The van der Waals surface area contributed by atoms with Crippen LogP contribution in [0.25, 0.3) is 11.1 Å². The summed E-state index contributed by atoms with van der Waals surface area (Å²) in [5, 5.41) is 32.0. The van der Waals surface area contributed by atoms with E-state index < -0.39 is 17.7 Å². The number of nitrogens with one attached hydrogen (secondary N) is 2. The van der Waals surface area contributed by atoms with Gasteiger partial charge in [0.2, 0.25) is 5.91 Å². The summed E-state index contributed by atoms with van der Waals surface area (Å²) in [7, 11) is 0. The van der Waals surface area contributed by atoms with E-state index >= 15 is 0 Å². The molecular formula is C25H23F3N4O3. The summed E-state index contributed by atoms with van der Waals surface area (Å²) in [4.78, 5) is 21.4. The Balaban J connectivity index is 0.000000429. The second-order valence-corrected chi connectivity index (χ2v) is 8.45. The third kappa shape index (κ3) is 6.37. The topological polar surface area (TPSA) is 126 Å². The van der Waals surface area contributed by atoms with Crippen molar-refractivity contribution >= 4 is 11.9 Å². The van der Waals surface area contributed by atoms with Gasteiger partial charge in [0, 0.05) is 5.92 Å². The molecule has 4 rings (SSSR count). The lowest BCUT2D eigenvalue weighted by molar-refractivity contribution is -0.192. The number of carbonyl (C=O) groups excluding carboxylic acids is 1. The molecule has 182 valence electrons. The average molecular weight is 484 g/mol. The first-order valence-electron chi connectivity index (χ1n) is 11.0. The molecule has 0 radical (unpaired) electrons. The molecule has 3 N–H and O–H groups in total. The highest BCUT2D eigenvalue weighted by atomic mass is 19.4. The number of amides is 1. The molecule has 1 aliphatic heterocycles. The molecule has 1 saturated carbocycles. The van der Waals surface area contributed by atoms with Gasteiger partial charge in [-0.15, -0.1) is 0 Å². The first-order chi connectivity index (χ1) is 16.6. The highest BCUT2D eigenvalue weighted by molar-refractivity contribution is 5.84. The molecular weight excluding hydrogens is 461 g/mol. The standard InChI is InChI=1S/C23H22N4O.C2HF3O2/c24-14-16-4-6-17(7-5-16)18-8-10-19(11-9-18)20-13-23(20,15-25)27-22(28)21-3-1-2-12-26-21;3-2(4,5)1(6)7/h4-11,20-21,26H,1-3,12-13H2,(H,27,28);(H,6,7)/t20-,21+,23+;/m1./s1. The fourth-order valence-corrected chi connectivity index (χ4v) is 3.98. The summed E-state index contributed by atoms with van der Waals surface area (Å²) in [5.41, 5.74) is 3.03. The summed E-state index contributed by atoms with van der Waals surface area (Å²) in [5.74, 6) is -2.79. The van der Waals surface area contributed by atoms with E-state index in [0.717, 1.165) is 42.5 Å². The minimum atomic E-state index is -5.08. The molecule has 2 aliphatic rings. The summed E-state index contributed by atoms with van der Waals surface area (Å²) in [6.07, 6.45) is -1.46. The molecule has 0 aromatic heterocycles. The second kappa shape index (κ2) is 10.6. The number of carboxylic acids is 1. The number of benzene rings is 2. The molecule has 1 heterocycles. The minimum absolute atomic E-state index is 0.0278. The molecule has 1 saturated heterocycles. The minimum Gasteiger partial charge on any atom is -0.475 e. The van der Waals surface area contributed by atoms with E-state index in [1.54, 1.807) is 12.1 Å². The normalized spacial score (nSPS) is 23.0. The van der Waals surface area contributed by atoms with Crippen LogP contribution in [0.1, 0.15) is 42.7 Å². The summed E-state index contributed by atoms with van der Waals surface area (Å²) < 4.78 is 31.7. The van der Waals surface area contributed by atoms with Gasteiger partial charge in [0.25, 0.3) is 0 Å². The summed E-state index contributed by atoms with van der Waals surface area (Å²) in [6, 6.07) is 19.9. The monoisotopic (exact) mass is 484 g/mol. The largest absolute Gasteiger partial charge is 0.490 e. The molecule has 2 fully saturated rings. The van der Waals surface area contributed by atoms with Gasteiger partial charge in [-0.25, -0.2) is 4.79 Å². The van der Waals surface area contributed by atoms with Crippen LogP contribution in [-0.2, 0) is 9.59 Å². The van der Waals surface area contributed by atoms with Gasteiger partial charge >= 0.3 is 12.1 Å². The van der Waals surface area contributed by atoms with Crippen LogP contribution in [-0.4, -0.2) is 41.3 Å². The Morgan fingerprint density at radius 3 is 2.06 bits per heavy atom. The number of carbonyl (C=O) groups is 2. The van der Waals surface area contributed by atoms with Gasteiger partial charge in [0.1, 0.15) is 5.54 Å². The Hall–Kier alpha value is -3.89. The molecule has 2 aromatic rings. The van der Waals surface area contributed by atoms with E-state index in [0.29, 0.717) is 12.0 Å². The van der Waals surface area contributed by atoms with Crippen molar-refractivity contribution in [2.45, 2.75) is 49.4 Å². The molecule has 3 atom stereocenters. The predicted molar refractivity (Wildman–Crippen MR) is 120 cm³/mol. The van der Waals surface area contributed by atoms with E-state index in [-0.39, 0.29) is 17.9 Å². The summed E-state index contributed by atoms with van der Waals surface area (Å²) >= 11 is 0. The van der Waals surface area contributed by atoms with E-state index in [4.69, 9.17) is 15.2 Å². The first-order valence-corrected chi connectivity index (χ1v) is 11.0. The highest BCUT2D eigenvalue weighted by Crippen LogP contribution is 2.51. The third-order valence-electron chi connectivity index (χ3n) is 6.04. The lowest BCUT2D eigenvalue weighted by Crippen LogP contribution is -2.50. The average Bonchev–Trinajstić information content (AvgIpc) is 3.58. The Morgan fingerprint density at radius 1 is 1.03 bits per heavy atom. The third-order valence-corrected chi connectivity index (χ3v) is 6.04. The van der Waals surface area contributed by atoms with Crippen molar-refractivity contribution in [3.8, 4) is 23.3 Å². The molecule has 0 spiro atoms. The Labute approximate surface area is 200 Å². The zero-order chi connectivity index (χ0) is 25.6. The molecule has 1 amide bonds. The van der Waals surface area contributed by atoms with Gasteiger partial charge < -0.3 is 15.7 Å². The number of carboxylic acid groups (broad SMARTS) is 1. The van der Waals surface area contributed by atoms with Crippen molar-refractivity contribution in [1.82, 2.24) is 10.6 Å². The lowest BCUT2D eigenvalue weighted by atomic mass is 9.99. The molecule has 1 aliphatic carbocycles. The van der Waals surface area contributed by atoms with Crippen molar-refractivity contribution in [3.05, 3.63) is 59.7 Å². The van der Waals surface area contributed by atoms with Crippen molar-refractivity contribution in [2.24, 2.45) is 0 Å².